The molecule has 0 saturated carbocycles. The van der Waals surface area contributed by atoms with Crippen molar-refractivity contribution in [2.24, 2.45) is 0 Å². The van der Waals surface area contributed by atoms with Crippen molar-refractivity contribution in [3.63, 3.8) is 0 Å². The molecular formula is C16H17F2NO4. The van der Waals surface area contributed by atoms with Crippen LogP contribution in [0.2, 0.25) is 0 Å². The van der Waals surface area contributed by atoms with E-state index in [1.54, 1.807) is 24.3 Å². The maximum atomic E-state index is 12.2. The third kappa shape index (κ3) is 4.79. The van der Waals surface area contributed by atoms with Crippen LogP contribution in [0.25, 0.3) is 0 Å². The van der Waals surface area contributed by atoms with Gasteiger partial charge in [0.2, 0.25) is 5.76 Å². The van der Waals surface area contributed by atoms with Crippen molar-refractivity contribution >= 4 is 5.97 Å². The predicted octanol–water partition coefficient (Wildman–Crippen LogP) is 3.52. The lowest BCUT2D eigenvalue weighted by atomic mass is 10.1. The smallest absolute Gasteiger partial charge is 0.387 e. The fourth-order valence-electron chi connectivity index (χ4n) is 2.01. The van der Waals surface area contributed by atoms with Gasteiger partial charge < -0.3 is 19.2 Å². The van der Waals surface area contributed by atoms with Crippen LogP contribution in [-0.2, 0) is 11.3 Å². The Morgan fingerprint density at radius 1 is 1.30 bits per heavy atom. The maximum Gasteiger partial charge on any atom is 0.387 e. The topological polar surface area (TPSA) is 60.7 Å². The summed E-state index contributed by atoms with van der Waals surface area (Å²) < 4.78 is 38.7. The van der Waals surface area contributed by atoms with Crippen LogP contribution in [0, 0.1) is 0 Å². The van der Waals surface area contributed by atoms with Crippen LogP contribution in [0.15, 0.2) is 40.8 Å². The molecule has 0 aliphatic heterocycles. The van der Waals surface area contributed by atoms with Gasteiger partial charge in [-0.15, -0.1) is 0 Å². The standard InChI is InChI=1S/C16H17F2NO4/c1-10(11-4-3-5-12(8-11)23-16(17)18)19-9-13-6-7-14(22-13)15(20)21-2/h3-8,10,16,19H,9H2,1-2H3. The lowest BCUT2D eigenvalue weighted by Gasteiger charge is -2.14. The molecule has 0 radical (unpaired) electrons. The molecule has 1 N–H and O–H groups in total. The van der Waals surface area contributed by atoms with Crippen LogP contribution in [0.4, 0.5) is 8.78 Å². The molecule has 1 aromatic carbocycles. The Labute approximate surface area is 132 Å². The molecule has 5 nitrogen and oxygen atoms in total. The van der Waals surface area contributed by atoms with Crippen molar-refractivity contribution in [1.29, 1.82) is 0 Å². The molecule has 124 valence electrons. The molecule has 1 aromatic heterocycles. The van der Waals surface area contributed by atoms with Gasteiger partial charge in [0.15, 0.2) is 0 Å². The second kappa shape index (κ2) is 7.73. The summed E-state index contributed by atoms with van der Waals surface area (Å²) in [5, 5.41) is 3.18. The summed E-state index contributed by atoms with van der Waals surface area (Å²) in [6.45, 7) is -0.600. The quantitative estimate of drug-likeness (QED) is 0.789. The third-order valence-corrected chi connectivity index (χ3v) is 3.21. The largest absolute Gasteiger partial charge is 0.463 e. The number of hydrogen-bond donors (Lipinski definition) is 1. The minimum Gasteiger partial charge on any atom is -0.463 e. The van der Waals surface area contributed by atoms with E-state index >= 15 is 0 Å². The molecule has 0 bridgehead atoms. The number of ether oxygens (including phenoxy) is 2. The first-order chi connectivity index (χ1) is 11.0. The number of hydrogen-bond acceptors (Lipinski definition) is 5. The summed E-state index contributed by atoms with van der Waals surface area (Å²) in [4.78, 5) is 11.3. The highest BCUT2D eigenvalue weighted by Gasteiger charge is 2.13. The van der Waals surface area contributed by atoms with Crippen molar-refractivity contribution in [2.45, 2.75) is 26.1 Å². The Hall–Kier alpha value is -2.41. The van der Waals surface area contributed by atoms with Gasteiger partial charge in [0.05, 0.1) is 13.7 Å². The molecule has 0 fully saturated rings. The second-order valence-electron chi connectivity index (χ2n) is 4.81. The predicted molar refractivity (Wildman–Crippen MR) is 78.4 cm³/mol. The Kier molecular flexibility index (Phi) is 5.70. The average molecular weight is 325 g/mol. The van der Waals surface area contributed by atoms with Crippen molar-refractivity contribution in [3.05, 3.63) is 53.5 Å². The van der Waals surface area contributed by atoms with Gasteiger partial charge >= 0.3 is 12.6 Å². The number of carbonyl (C=O) groups excluding carboxylic acids is 1. The number of methoxy groups -OCH3 is 1. The van der Waals surface area contributed by atoms with E-state index in [4.69, 9.17) is 4.42 Å². The van der Waals surface area contributed by atoms with Gasteiger partial charge in [-0.3, -0.25) is 0 Å². The monoisotopic (exact) mass is 325 g/mol. The Morgan fingerprint density at radius 2 is 2.09 bits per heavy atom. The molecule has 0 saturated heterocycles. The van der Waals surface area contributed by atoms with E-state index in [1.165, 1.54) is 19.2 Å². The highest BCUT2D eigenvalue weighted by atomic mass is 19.3. The Balaban J connectivity index is 1.95. The number of furan rings is 1. The van der Waals surface area contributed by atoms with Crippen LogP contribution in [0.1, 0.15) is 34.8 Å². The Morgan fingerprint density at radius 3 is 2.78 bits per heavy atom. The molecule has 7 heteroatoms. The summed E-state index contributed by atoms with van der Waals surface area (Å²) in [6, 6.07) is 9.55. The molecule has 1 heterocycles. The first kappa shape index (κ1) is 17.0. The summed E-state index contributed by atoms with van der Waals surface area (Å²) in [5.41, 5.74) is 0.794. The van der Waals surface area contributed by atoms with E-state index in [0.29, 0.717) is 12.3 Å². The van der Waals surface area contributed by atoms with Crippen LogP contribution >= 0.6 is 0 Å². The van der Waals surface area contributed by atoms with E-state index in [2.05, 4.69) is 14.8 Å². The third-order valence-electron chi connectivity index (χ3n) is 3.21. The molecule has 0 aliphatic rings. The maximum absolute atomic E-state index is 12.2. The normalized spacial score (nSPS) is 12.2. The van der Waals surface area contributed by atoms with Gasteiger partial charge in [-0.2, -0.15) is 8.78 Å². The molecule has 0 aliphatic carbocycles. The summed E-state index contributed by atoms with van der Waals surface area (Å²) in [5.74, 6) is 0.264. The van der Waals surface area contributed by atoms with Crippen LogP contribution in [-0.4, -0.2) is 19.7 Å². The molecule has 2 aromatic rings. The SMILES string of the molecule is COC(=O)c1ccc(CNC(C)c2cccc(OC(F)F)c2)o1. The van der Waals surface area contributed by atoms with E-state index in [1.807, 2.05) is 6.92 Å². The lowest BCUT2D eigenvalue weighted by molar-refractivity contribution is -0.0499. The van der Waals surface area contributed by atoms with Gasteiger partial charge in [-0.05, 0) is 36.8 Å². The van der Waals surface area contributed by atoms with Gasteiger partial charge in [-0.25, -0.2) is 4.79 Å². The Bertz CT molecular complexity index is 657. The van der Waals surface area contributed by atoms with E-state index in [0.717, 1.165) is 5.56 Å². The zero-order valence-corrected chi connectivity index (χ0v) is 12.7. The van der Waals surface area contributed by atoms with E-state index in [9.17, 15) is 13.6 Å². The van der Waals surface area contributed by atoms with Crippen molar-refractivity contribution in [3.8, 4) is 5.75 Å². The van der Waals surface area contributed by atoms with Crippen molar-refractivity contribution in [2.75, 3.05) is 7.11 Å². The number of esters is 1. The molecule has 1 unspecified atom stereocenters. The highest BCUT2D eigenvalue weighted by molar-refractivity contribution is 5.86. The van der Waals surface area contributed by atoms with E-state index in [-0.39, 0.29) is 17.6 Å². The summed E-state index contributed by atoms with van der Waals surface area (Å²) in [7, 11) is 1.28. The van der Waals surface area contributed by atoms with Gasteiger partial charge in [0, 0.05) is 6.04 Å². The number of carbonyl (C=O) groups is 1. The minimum absolute atomic E-state index is 0.108. The average Bonchev–Trinajstić information content (AvgIpc) is 3.00. The summed E-state index contributed by atoms with van der Waals surface area (Å²) in [6.07, 6.45) is 0. The summed E-state index contributed by atoms with van der Waals surface area (Å²) >= 11 is 0. The van der Waals surface area contributed by atoms with Crippen LogP contribution < -0.4 is 10.1 Å². The second-order valence-corrected chi connectivity index (χ2v) is 4.81. The molecule has 0 amide bonds. The first-order valence-corrected chi connectivity index (χ1v) is 6.94. The zero-order valence-electron chi connectivity index (χ0n) is 12.7. The van der Waals surface area contributed by atoms with Crippen molar-refractivity contribution in [1.82, 2.24) is 5.32 Å². The highest BCUT2D eigenvalue weighted by Crippen LogP contribution is 2.21. The number of nitrogens with one attached hydrogen (secondary N) is 1. The number of benzene rings is 1. The first-order valence-electron chi connectivity index (χ1n) is 6.94. The van der Waals surface area contributed by atoms with Gasteiger partial charge in [0.25, 0.3) is 0 Å². The molecule has 1 atom stereocenters. The number of rotatable bonds is 7. The zero-order chi connectivity index (χ0) is 16.8. The van der Waals surface area contributed by atoms with E-state index < -0.39 is 12.6 Å². The van der Waals surface area contributed by atoms with Gasteiger partial charge in [0.1, 0.15) is 11.5 Å². The fraction of sp³-hybridized carbons (Fsp3) is 0.312. The number of alkyl halides is 2. The fourth-order valence-corrected chi connectivity index (χ4v) is 2.01. The van der Waals surface area contributed by atoms with Crippen LogP contribution in [0.3, 0.4) is 0 Å². The molecular weight excluding hydrogens is 308 g/mol. The van der Waals surface area contributed by atoms with Crippen LogP contribution in [0.5, 0.6) is 5.75 Å². The number of halogens is 2. The minimum atomic E-state index is -2.85. The molecule has 23 heavy (non-hydrogen) atoms. The van der Waals surface area contributed by atoms with Gasteiger partial charge in [-0.1, -0.05) is 12.1 Å². The lowest BCUT2D eigenvalue weighted by Crippen LogP contribution is -2.18. The molecule has 0 spiro atoms. The molecule has 2 rings (SSSR count). The van der Waals surface area contributed by atoms with Crippen molar-refractivity contribution < 1.29 is 27.5 Å².